The molecule has 0 amide bonds. The Labute approximate surface area is 128 Å². The van der Waals surface area contributed by atoms with Crippen LogP contribution in [-0.2, 0) is 0 Å². The highest BCUT2D eigenvalue weighted by Gasteiger charge is 2.65. The minimum atomic E-state index is -0.118. The largest absolute Gasteiger partial charge is 0.289 e. The first-order valence-corrected chi connectivity index (χ1v) is 7.81. The van der Waals surface area contributed by atoms with Gasteiger partial charge in [0.05, 0.1) is 3.23 Å². The summed E-state index contributed by atoms with van der Waals surface area (Å²) in [5.41, 5.74) is 3.95. The van der Waals surface area contributed by atoms with Crippen LogP contribution < -0.4 is 0 Å². The van der Waals surface area contributed by atoms with Crippen LogP contribution in [-0.4, -0.2) is 9.02 Å². The van der Waals surface area contributed by atoms with Gasteiger partial charge in [0.2, 0.25) is 0 Å². The maximum atomic E-state index is 12.7. The van der Waals surface area contributed by atoms with Gasteiger partial charge in [-0.25, -0.2) is 0 Å². The molecule has 2 aromatic carbocycles. The molecule has 2 unspecified atom stereocenters. The fraction of sp³-hybridized carbons (Fsp3) is 0.188. The Kier molecular flexibility index (Phi) is 2.37. The summed E-state index contributed by atoms with van der Waals surface area (Å²) in [4.78, 5) is 12.7. The number of hydrogen-bond acceptors (Lipinski definition) is 1. The van der Waals surface area contributed by atoms with Crippen LogP contribution in [0, 0.1) is 0 Å². The lowest BCUT2D eigenvalue weighted by molar-refractivity contribution is 0.103. The van der Waals surface area contributed by atoms with Crippen molar-refractivity contribution in [1.82, 2.24) is 0 Å². The van der Waals surface area contributed by atoms with E-state index in [2.05, 4.69) is 44.0 Å². The second-order valence-corrected chi connectivity index (χ2v) is 8.82. The predicted molar refractivity (Wildman–Crippen MR) is 82.4 cm³/mol. The summed E-state index contributed by atoms with van der Waals surface area (Å²) in [6.45, 7) is 0. The Morgan fingerprint density at radius 2 is 1.21 bits per heavy atom. The zero-order chi connectivity index (χ0) is 13.2. The summed E-state index contributed by atoms with van der Waals surface area (Å²) in [6.07, 6.45) is 0. The van der Waals surface area contributed by atoms with Gasteiger partial charge in [-0.1, -0.05) is 80.4 Å². The molecule has 19 heavy (non-hydrogen) atoms. The number of benzene rings is 2. The topological polar surface area (TPSA) is 17.1 Å². The monoisotopic (exact) mass is 376 g/mol. The maximum Gasteiger partial charge on any atom is 0.193 e. The van der Waals surface area contributed by atoms with Gasteiger partial charge in [0.25, 0.3) is 0 Å². The molecule has 0 spiro atoms. The summed E-state index contributed by atoms with van der Waals surface area (Å²) in [5.74, 6) is 0.779. The third-order valence-electron chi connectivity index (χ3n) is 4.13. The van der Waals surface area contributed by atoms with Crippen LogP contribution in [0.25, 0.3) is 0 Å². The molecule has 0 radical (unpaired) electrons. The summed E-state index contributed by atoms with van der Waals surface area (Å²) in [6, 6.07) is 15.9. The number of alkyl halides is 2. The van der Waals surface area contributed by atoms with Crippen LogP contribution in [0.5, 0.6) is 0 Å². The molecule has 2 aliphatic carbocycles. The van der Waals surface area contributed by atoms with Crippen molar-refractivity contribution in [3.05, 3.63) is 70.8 Å². The summed E-state index contributed by atoms with van der Waals surface area (Å²) in [5, 5.41) is 0. The lowest BCUT2D eigenvalue weighted by Gasteiger charge is -2.10. The van der Waals surface area contributed by atoms with E-state index in [4.69, 9.17) is 0 Å². The molecule has 0 aliphatic heterocycles. The van der Waals surface area contributed by atoms with Gasteiger partial charge >= 0.3 is 0 Å². The average molecular weight is 378 g/mol. The van der Waals surface area contributed by atoms with Gasteiger partial charge in [0.1, 0.15) is 0 Å². The third kappa shape index (κ3) is 1.49. The quantitative estimate of drug-likeness (QED) is 0.613. The number of halogens is 2. The molecule has 0 saturated heterocycles. The van der Waals surface area contributed by atoms with E-state index in [0.717, 1.165) is 22.3 Å². The molecule has 2 aromatic rings. The average Bonchev–Trinajstić information content (AvgIpc) is 3.02. The number of hydrogen-bond donors (Lipinski definition) is 0. The maximum absolute atomic E-state index is 12.7. The summed E-state index contributed by atoms with van der Waals surface area (Å²) >= 11 is 7.56. The molecule has 0 N–H and O–H groups in total. The Morgan fingerprint density at radius 3 is 1.68 bits per heavy atom. The normalized spacial score (nSPS) is 25.9. The molecule has 1 nitrogen and oxygen atoms in total. The molecule has 3 heteroatoms. The van der Waals surface area contributed by atoms with Gasteiger partial charge in [-0.3, -0.25) is 4.79 Å². The van der Waals surface area contributed by atoms with Crippen molar-refractivity contribution < 1.29 is 4.79 Å². The highest BCUT2D eigenvalue weighted by atomic mass is 79.9. The lowest BCUT2D eigenvalue weighted by atomic mass is 9.96. The molecule has 2 atom stereocenters. The van der Waals surface area contributed by atoms with Crippen molar-refractivity contribution in [2.75, 3.05) is 0 Å². The molecular weight excluding hydrogens is 368 g/mol. The number of fused-ring (bicyclic) bond motifs is 5. The smallest absolute Gasteiger partial charge is 0.193 e. The number of rotatable bonds is 0. The Bertz CT molecular complexity index is 648. The van der Waals surface area contributed by atoms with Crippen LogP contribution in [0.15, 0.2) is 48.5 Å². The summed E-state index contributed by atoms with van der Waals surface area (Å²) < 4.78 is -0.118. The molecule has 94 valence electrons. The second kappa shape index (κ2) is 3.80. The fourth-order valence-corrected chi connectivity index (χ4v) is 4.98. The number of ketones is 1. The molecule has 0 bridgehead atoms. The molecule has 4 rings (SSSR count). The molecule has 0 heterocycles. The molecular formula is C16H10Br2O. The summed E-state index contributed by atoms with van der Waals surface area (Å²) in [7, 11) is 0. The first-order chi connectivity index (χ1) is 9.12. The van der Waals surface area contributed by atoms with Crippen molar-refractivity contribution in [2.45, 2.75) is 15.1 Å². The number of carbonyl (C=O) groups is 1. The first-order valence-electron chi connectivity index (χ1n) is 6.22. The molecule has 2 aliphatic rings. The molecule has 0 aromatic heterocycles. The fourth-order valence-electron chi connectivity index (χ4n) is 3.20. The van der Waals surface area contributed by atoms with Gasteiger partial charge in [0, 0.05) is 23.0 Å². The van der Waals surface area contributed by atoms with Gasteiger partial charge in [-0.15, -0.1) is 0 Å². The Hall–Kier alpha value is -0.930. The standard InChI is InChI=1S/C16H10Br2O/c17-16(18)13-9-5-1-3-7-11(9)15(19)12-8-4-2-6-10(12)14(13)16/h1-8,13-14H. The van der Waals surface area contributed by atoms with E-state index in [9.17, 15) is 4.79 Å². The van der Waals surface area contributed by atoms with Crippen LogP contribution in [0.1, 0.15) is 38.9 Å². The van der Waals surface area contributed by atoms with Gasteiger partial charge in [-0.05, 0) is 11.1 Å². The zero-order valence-corrected chi connectivity index (χ0v) is 13.1. The van der Waals surface area contributed by atoms with Crippen molar-refractivity contribution >= 4 is 37.6 Å². The van der Waals surface area contributed by atoms with E-state index < -0.39 is 0 Å². The van der Waals surface area contributed by atoms with Crippen LogP contribution >= 0.6 is 31.9 Å². The highest BCUT2D eigenvalue weighted by Crippen LogP contribution is 2.73. The van der Waals surface area contributed by atoms with Crippen LogP contribution in [0.2, 0.25) is 0 Å². The highest BCUT2D eigenvalue weighted by molar-refractivity contribution is 9.25. The Morgan fingerprint density at radius 1 is 0.789 bits per heavy atom. The zero-order valence-electron chi connectivity index (χ0n) is 9.94. The van der Waals surface area contributed by atoms with Crippen molar-refractivity contribution in [2.24, 2.45) is 0 Å². The van der Waals surface area contributed by atoms with E-state index in [1.807, 2.05) is 36.4 Å². The Balaban J connectivity index is 2.05. The van der Waals surface area contributed by atoms with Gasteiger partial charge < -0.3 is 0 Å². The van der Waals surface area contributed by atoms with Crippen molar-refractivity contribution in [1.29, 1.82) is 0 Å². The van der Waals surface area contributed by atoms with Crippen molar-refractivity contribution in [3.63, 3.8) is 0 Å². The lowest BCUT2D eigenvalue weighted by Crippen LogP contribution is -2.08. The van der Waals surface area contributed by atoms with Crippen LogP contribution in [0.4, 0.5) is 0 Å². The van der Waals surface area contributed by atoms with Gasteiger partial charge in [-0.2, -0.15) is 0 Å². The predicted octanol–water partition coefficient (Wildman–Crippen LogP) is 4.60. The minimum Gasteiger partial charge on any atom is -0.289 e. The SMILES string of the molecule is O=C1c2ccccc2C2C(c3ccccc31)C2(Br)Br. The number of carbonyl (C=O) groups excluding carboxylic acids is 1. The third-order valence-corrected chi connectivity index (χ3v) is 6.11. The van der Waals surface area contributed by atoms with E-state index in [1.54, 1.807) is 0 Å². The van der Waals surface area contributed by atoms with E-state index in [0.29, 0.717) is 11.8 Å². The first kappa shape index (κ1) is 11.9. The second-order valence-electron chi connectivity index (χ2n) is 5.13. The van der Waals surface area contributed by atoms with Crippen LogP contribution in [0.3, 0.4) is 0 Å². The van der Waals surface area contributed by atoms with E-state index >= 15 is 0 Å². The molecule has 1 saturated carbocycles. The molecule has 1 fully saturated rings. The van der Waals surface area contributed by atoms with E-state index in [1.165, 1.54) is 0 Å². The minimum absolute atomic E-state index is 0.118. The van der Waals surface area contributed by atoms with Crippen molar-refractivity contribution in [3.8, 4) is 0 Å². The van der Waals surface area contributed by atoms with E-state index in [-0.39, 0.29) is 9.02 Å². The van der Waals surface area contributed by atoms with Gasteiger partial charge in [0.15, 0.2) is 5.78 Å².